The smallest absolute Gasteiger partial charge is 0.220 e. The van der Waals surface area contributed by atoms with Crippen molar-refractivity contribution >= 4 is 5.95 Å². The van der Waals surface area contributed by atoms with Gasteiger partial charge in [0.2, 0.25) is 5.95 Å². The Hall–Kier alpha value is -3.12. The molecule has 30 heavy (non-hydrogen) atoms. The zero-order valence-electron chi connectivity index (χ0n) is 17.3. The third-order valence-electron chi connectivity index (χ3n) is 5.89. The molecule has 6 nitrogen and oxygen atoms in total. The Bertz CT molecular complexity index is 1030. The molecule has 1 fully saturated rings. The molecule has 0 saturated carbocycles. The van der Waals surface area contributed by atoms with Gasteiger partial charge in [0.1, 0.15) is 11.5 Å². The molecule has 0 unspecified atom stereocenters. The highest BCUT2D eigenvalue weighted by Crippen LogP contribution is 2.33. The average molecular weight is 405 g/mol. The number of benzene rings is 2. The number of rotatable bonds is 5. The van der Waals surface area contributed by atoms with Crippen molar-refractivity contribution in [1.29, 1.82) is 0 Å². The number of hydrogen-bond donors (Lipinski definition) is 3. The summed E-state index contributed by atoms with van der Waals surface area (Å²) >= 11 is 0. The number of aromatic hydroxyl groups is 2. The fourth-order valence-corrected chi connectivity index (χ4v) is 4.14. The quantitative estimate of drug-likeness (QED) is 0.598. The summed E-state index contributed by atoms with van der Waals surface area (Å²) in [5, 5.41) is 20.2. The number of nitrogen functional groups attached to an aromatic ring is 1. The first-order chi connectivity index (χ1) is 14.5. The van der Waals surface area contributed by atoms with Gasteiger partial charge in [0, 0.05) is 23.7 Å². The highest BCUT2D eigenvalue weighted by Gasteiger charge is 2.23. The zero-order chi connectivity index (χ0) is 21.1. The molecule has 0 bridgehead atoms. The number of anilines is 1. The van der Waals surface area contributed by atoms with Gasteiger partial charge >= 0.3 is 0 Å². The van der Waals surface area contributed by atoms with Gasteiger partial charge in [-0.25, -0.2) is 9.97 Å². The Morgan fingerprint density at radius 2 is 1.77 bits per heavy atom. The van der Waals surface area contributed by atoms with Crippen molar-refractivity contribution in [3.63, 3.8) is 0 Å². The van der Waals surface area contributed by atoms with Crippen molar-refractivity contribution in [2.45, 2.75) is 32.1 Å². The van der Waals surface area contributed by atoms with Gasteiger partial charge in [-0.1, -0.05) is 29.8 Å². The molecule has 1 aliphatic heterocycles. The first-order valence-corrected chi connectivity index (χ1v) is 10.4. The second kappa shape index (κ2) is 8.71. The molecule has 1 saturated heterocycles. The van der Waals surface area contributed by atoms with Gasteiger partial charge in [-0.3, -0.25) is 0 Å². The Labute approximate surface area is 177 Å². The molecule has 156 valence electrons. The van der Waals surface area contributed by atoms with Crippen LogP contribution in [-0.2, 0) is 6.42 Å². The molecule has 1 aromatic heterocycles. The van der Waals surface area contributed by atoms with E-state index in [1.54, 1.807) is 12.1 Å². The highest BCUT2D eigenvalue weighted by molar-refractivity contribution is 5.68. The number of hydrogen-bond acceptors (Lipinski definition) is 6. The maximum atomic E-state index is 10.3. The molecule has 0 spiro atoms. The second-order valence-corrected chi connectivity index (χ2v) is 8.05. The van der Waals surface area contributed by atoms with Crippen LogP contribution in [0.5, 0.6) is 11.5 Å². The molecule has 4 N–H and O–H groups in total. The van der Waals surface area contributed by atoms with Gasteiger partial charge in [0.15, 0.2) is 0 Å². The molecule has 4 rings (SSSR count). The predicted molar refractivity (Wildman–Crippen MR) is 119 cm³/mol. The molecule has 2 heterocycles. The first-order valence-electron chi connectivity index (χ1n) is 10.4. The van der Waals surface area contributed by atoms with Crippen LogP contribution in [0.25, 0.3) is 11.3 Å². The summed E-state index contributed by atoms with van der Waals surface area (Å²) in [6, 6.07) is 15.0. The lowest BCUT2D eigenvalue weighted by atomic mass is 9.92. The number of para-hydroxylation sites is 1. The molecule has 0 atom stereocenters. The second-order valence-electron chi connectivity index (χ2n) is 8.05. The van der Waals surface area contributed by atoms with Crippen LogP contribution in [0.1, 0.15) is 35.6 Å². The van der Waals surface area contributed by atoms with Crippen molar-refractivity contribution < 1.29 is 10.2 Å². The Kier molecular flexibility index (Phi) is 5.86. The van der Waals surface area contributed by atoms with Gasteiger partial charge in [-0.15, -0.1) is 0 Å². The summed E-state index contributed by atoms with van der Waals surface area (Å²) in [4.78, 5) is 11.3. The molecular weight excluding hydrogens is 376 g/mol. The van der Waals surface area contributed by atoms with Gasteiger partial charge in [-0.05, 0) is 69.1 Å². The van der Waals surface area contributed by atoms with Gasteiger partial charge in [0.05, 0.1) is 5.69 Å². The number of nitrogens with zero attached hydrogens (tertiary/aromatic N) is 3. The molecule has 2 aromatic carbocycles. The van der Waals surface area contributed by atoms with Crippen molar-refractivity contribution in [3.05, 3.63) is 65.4 Å². The van der Waals surface area contributed by atoms with Crippen molar-refractivity contribution in [2.24, 2.45) is 0 Å². The van der Waals surface area contributed by atoms with Crippen molar-refractivity contribution in [2.75, 3.05) is 25.4 Å². The number of likely N-dealkylation sites (tertiary alicyclic amines) is 1. The third-order valence-corrected chi connectivity index (χ3v) is 5.89. The van der Waals surface area contributed by atoms with Gasteiger partial charge in [-0.2, -0.15) is 0 Å². The van der Waals surface area contributed by atoms with Gasteiger partial charge in [0.25, 0.3) is 0 Å². The Morgan fingerprint density at radius 1 is 1.00 bits per heavy atom. The molecule has 0 radical (unpaired) electrons. The van der Waals surface area contributed by atoms with Crippen LogP contribution >= 0.6 is 0 Å². The maximum Gasteiger partial charge on any atom is 0.220 e. The van der Waals surface area contributed by atoms with Gasteiger partial charge < -0.3 is 20.8 Å². The summed E-state index contributed by atoms with van der Waals surface area (Å²) in [5.41, 5.74) is 10.3. The molecule has 0 aliphatic carbocycles. The van der Waals surface area contributed by atoms with E-state index in [0.717, 1.165) is 55.7 Å². The Balaban J connectivity index is 1.43. The normalized spacial score (nSPS) is 15.4. The molecule has 6 heteroatoms. The maximum absolute atomic E-state index is 10.3. The molecule has 0 amide bonds. The topological polar surface area (TPSA) is 95.5 Å². The van der Waals surface area contributed by atoms with E-state index in [1.165, 1.54) is 0 Å². The fraction of sp³-hybridized carbons (Fsp3) is 0.333. The van der Waals surface area contributed by atoms with Crippen LogP contribution in [0.3, 0.4) is 0 Å². The standard InChI is InChI=1S/C24H28N4O2/c1-16-6-7-23(30)19(14-16)21-15-20(26-24(25)27-21)17-8-11-28(12-9-17)13-10-18-4-2-3-5-22(18)29/h2-7,14-15,17,29-30H,8-13H2,1H3,(H2,25,26,27). The van der Waals surface area contributed by atoms with Crippen LogP contribution in [0, 0.1) is 6.92 Å². The zero-order valence-corrected chi connectivity index (χ0v) is 17.3. The van der Waals surface area contributed by atoms with E-state index in [1.807, 2.05) is 43.3 Å². The number of phenols is 2. The first kappa shape index (κ1) is 20.2. The number of aromatic nitrogens is 2. The summed E-state index contributed by atoms with van der Waals surface area (Å²) in [6.07, 6.45) is 2.83. The molecule has 1 aliphatic rings. The largest absolute Gasteiger partial charge is 0.508 e. The summed E-state index contributed by atoms with van der Waals surface area (Å²) in [6.45, 7) is 4.87. The lowest BCUT2D eigenvalue weighted by Crippen LogP contribution is -2.34. The van der Waals surface area contributed by atoms with E-state index in [4.69, 9.17) is 5.73 Å². The minimum absolute atomic E-state index is 0.198. The number of piperidine rings is 1. The van der Waals surface area contributed by atoms with E-state index < -0.39 is 0 Å². The van der Waals surface area contributed by atoms with Crippen LogP contribution in [-0.4, -0.2) is 44.7 Å². The average Bonchev–Trinajstić information content (AvgIpc) is 2.75. The summed E-state index contributed by atoms with van der Waals surface area (Å²) in [5.74, 6) is 1.13. The van der Waals surface area contributed by atoms with Crippen molar-refractivity contribution in [3.8, 4) is 22.8 Å². The highest BCUT2D eigenvalue weighted by atomic mass is 16.3. The van der Waals surface area contributed by atoms with E-state index in [2.05, 4.69) is 14.9 Å². The van der Waals surface area contributed by atoms with Crippen LogP contribution in [0.2, 0.25) is 0 Å². The van der Waals surface area contributed by atoms with E-state index in [0.29, 0.717) is 22.9 Å². The number of phenolic OH excluding ortho intramolecular Hbond substituents is 2. The van der Waals surface area contributed by atoms with Crippen molar-refractivity contribution in [1.82, 2.24) is 14.9 Å². The van der Waals surface area contributed by atoms with E-state index in [9.17, 15) is 10.2 Å². The Morgan fingerprint density at radius 3 is 2.53 bits per heavy atom. The monoisotopic (exact) mass is 404 g/mol. The molecule has 3 aromatic rings. The summed E-state index contributed by atoms with van der Waals surface area (Å²) in [7, 11) is 0. The van der Waals surface area contributed by atoms with Crippen LogP contribution in [0.4, 0.5) is 5.95 Å². The van der Waals surface area contributed by atoms with Crippen LogP contribution < -0.4 is 5.73 Å². The SMILES string of the molecule is Cc1ccc(O)c(-c2cc(C3CCN(CCc4ccccc4O)CC3)nc(N)n2)c1. The predicted octanol–water partition coefficient (Wildman–Crippen LogP) is 3.87. The van der Waals surface area contributed by atoms with E-state index in [-0.39, 0.29) is 11.7 Å². The lowest BCUT2D eigenvalue weighted by molar-refractivity contribution is 0.212. The number of nitrogens with two attached hydrogens (primary N) is 1. The minimum Gasteiger partial charge on any atom is -0.508 e. The third kappa shape index (κ3) is 4.54. The number of aryl methyl sites for hydroxylation is 1. The molecular formula is C24H28N4O2. The lowest BCUT2D eigenvalue weighted by Gasteiger charge is -2.31. The van der Waals surface area contributed by atoms with Crippen LogP contribution in [0.15, 0.2) is 48.5 Å². The summed E-state index contributed by atoms with van der Waals surface area (Å²) < 4.78 is 0. The minimum atomic E-state index is 0.198. The van der Waals surface area contributed by atoms with E-state index >= 15 is 0 Å². The fourth-order valence-electron chi connectivity index (χ4n) is 4.14.